The number of benzene rings is 2. The van der Waals surface area contributed by atoms with Gasteiger partial charge < -0.3 is 14.8 Å². The van der Waals surface area contributed by atoms with Gasteiger partial charge in [-0.2, -0.15) is 0 Å². The van der Waals surface area contributed by atoms with Gasteiger partial charge in [0.1, 0.15) is 0 Å². The molecule has 5 nitrogen and oxygen atoms in total. The van der Waals surface area contributed by atoms with Crippen molar-refractivity contribution in [2.24, 2.45) is 0 Å². The summed E-state index contributed by atoms with van der Waals surface area (Å²) in [6.07, 6.45) is 6.15. The summed E-state index contributed by atoms with van der Waals surface area (Å²) in [6, 6.07) is 18.6. The number of para-hydroxylation sites is 1. The Morgan fingerprint density at radius 1 is 1.00 bits per heavy atom. The lowest BCUT2D eigenvalue weighted by Gasteiger charge is -2.33. The maximum Gasteiger partial charge on any atom is 0.227 e. The maximum absolute atomic E-state index is 13.8. The van der Waals surface area contributed by atoms with Gasteiger partial charge in [-0.3, -0.25) is 9.59 Å². The van der Waals surface area contributed by atoms with Crippen molar-refractivity contribution in [1.29, 1.82) is 0 Å². The first-order valence-corrected chi connectivity index (χ1v) is 11.3. The van der Waals surface area contributed by atoms with Crippen molar-refractivity contribution < 1.29 is 9.59 Å². The summed E-state index contributed by atoms with van der Waals surface area (Å²) < 4.78 is 0. The molecule has 5 heteroatoms. The van der Waals surface area contributed by atoms with Gasteiger partial charge in [0.25, 0.3) is 0 Å². The van der Waals surface area contributed by atoms with Gasteiger partial charge in [-0.15, -0.1) is 0 Å². The Morgan fingerprint density at radius 3 is 2.58 bits per heavy atom. The molecule has 2 aliphatic heterocycles. The molecule has 3 aromatic rings. The predicted molar refractivity (Wildman–Crippen MR) is 121 cm³/mol. The van der Waals surface area contributed by atoms with Crippen LogP contribution in [-0.4, -0.2) is 45.2 Å². The number of nitrogens with one attached hydrogen (secondary N) is 1. The number of likely N-dealkylation sites (tertiary alicyclic amines) is 2. The third-order valence-corrected chi connectivity index (χ3v) is 7.04. The smallest absolute Gasteiger partial charge is 0.227 e. The fourth-order valence-electron chi connectivity index (χ4n) is 5.64. The molecule has 2 fully saturated rings. The van der Waals surface area contributed by atoms with E-state index in [1.807, 2.05) is 47.5 Å². The first kappa shape index (κ1) is 19.9. The number of aromatic nitrogens is 1. The summed E-state index contributed by atoms with van der Waals surface area (Å²) >= 11 is 0. The molecule has 3 atom stereocenters. The van der Waals surface area contributed by atoms with E-state index in [9.17, 15) is 9.59 Å². The van der Waals surface area contributed by atoms with E-state index in [2.05, 4.69) is 28.1 Å². The Morgan fingerprint density at radius 2 is 1.77 bits per heavy atom. The molecular weight excluding hydrogens is 386 g/mol. The van der Waals surface area contributed by atoms with Gasteiger partial charge in [-0.05, 0) is 42.9 Å². The van der Waals surface area contributed by atoms with Crippen LogP contribution in [0.1, 0.15) is 49.8 Å². The second kappa shape index (κ2) is 8.22. The SMILES string of the molecule is CC(=O)N1CCCC[C@H]2[C@H]1C[C@@H](c1ccccc1)N2C(=O)Cc1c[nH]c2ccccc12. The number of H-pyrrole nitrogens is 1. The highest BCUT2D eigenvalue weighted by molar-refractivity contribution is 5.89. The minimum absolute atomic E-state index is 0.00820. The van der Waals surface area contributed by atoms with Crippen molar-refractivity contribution in [3.8, 4) is 0 Å². The lowest BCUT2D eigenvalue weighted by molar-refractivity contribution is -0.136. The van der Waals surface area contributed by atoms with Crippen molar-refractivity contribution in [2.45, 2.75) is 57.2 Å². The fourth-order valence-corrected chi connectivity index (χ4v) is 5.64. The highest BCUT2D eigenvalue weighted by Crippen LogP contribution is 2.42. The van der Waals surface area contributed by atoms with Gasteiger partial charge in [0, 0.05) is 30.6 Å². The summed E-state index contributed by atoms with van der Waals surface area (Å²) in [5, 5.41) is 1.11. The average molecular weight is 416 g/mol. The summed E-state index contributed by atoms with van der Waals surface area (Å²) in [4.78, 5) is 33.7. The summed E-state index contributed by atoms with van der Waals surface area (Å²) in [6.45, 7) is 2.46. The second-order valence-corrected chi connectivity index (χ2v) is 8.84. The van der Waals surface area contributed by atoms with Crippen LogP contribution < -0.4 is 0 Å². The predicted octanol–water partition coefficient (Wildman–Crippen LogP) is 4.45. The molecule has 1 N–H and O–H groups in total. The van der Waals surface area contributed by atoms with Gasteiger partial charge in [-0.1, -0.05) is 48.5 Å². The summed E-state index contributed by atoms with van der Waals surface area (Å²) in [5.41, 5.74) is 3.25. The van der Waals surface area contributed by atoms with E-state index in [-0.39, 0.29) is 29.9 Å². The largest absolute Gasteiger partial charge is 0.361 e. The normalized spacial score (nSPS) is 23.6. The minimum atomic E-state index is 0.00820. The zero-order valence-electron chi connectivity index (χ0n) is 18.0. The molecule has 2 amide bonds. The quantitative estimate of drug-likeness (QED) is 0.687. The van der Waals surface area contributed by atoms with Crippen LogP contribution >= 0.6 is 0 Å². The highest BCUT2D eigenvalue weighted by atomic mass is 16.2. The Balaban J connectivity index is 1.50. The van der Waals surface area contributed by atoms with E-state index >= 15 is 0 Å². The first-order chi connectivity index (χ1) is 15.1. The van der Waals surface area contributed by atoms with Crippen LogP contribution in [0.3, 0.4) is 0 Å². The van der Waals surface area contributed by atoms with Gasteiger partial charge in [0.05, 0.1) is 24.5 Å². The number of hydrogen-bond donors (Lipinski definition) is 1. The number of aromatic amines is 1. The first-order valence-electron chi connectivity index (χ1n) is 11.3. The van der Waals surface area contributed by atoms with E-state index < -0.39 is 0 Å². The van der Waals surface area contributed by atoms with Crippen LogP contribution in [0, 0.1) is 0 Å². The van der Waals surface area contributed by atoms with Gasteiger partial charge in [-0.25, -0.2) is 0 Å². The molecule has 0 bridgehead atoms. The van der Waals surface area contributed by atoms with Crippen LogP contribution in [0.25, 0.3) is 10.9 Å². The minimum Gasteiger partial charge on any atom is -0.361 e. The van der Waals surface area contributed by atoms with E-state index in [0.717, 1.165) is 54.3 Å². The molecule has 0 spiro atoms. The number of hydrogen-bond acceptors (Lipinski definition) is 2. The standard InChI is InChI=1S/C26H29N3O2/c1-18(30)28-14-8-7-13-23-25(28)16-24(19-9-3-2-4-10-19)29(23)26(31)15-20-17-27-22-12-6-5-11-21(20)22/h2-6,9-12,17,23-25,27H,7-8,13-16H2,1H3/t23-,24-,25+/m0/s1. The molecule has 31 heavy (non-hydrogen) atoms. The Labute approximate surface area is 183 Å². The summed E-state index contributed by atoms with van der Waals surface area (Å²) in [7, 11) is 0. The molecule has 3 heterocycles. The third kappa shape index (κ3) is 3.62. The zero-order chi connectivity index (χ0) is 21.4. The topological polar surface area (TPSA) is 56.4 Å². The molecule has 1 aromatic heterocycles. The number of carbonyl (C=O) groups excluding carboxylic acids is 2. The van der Waals surface area contributed by atoms with Gasteiger partial charge >= 0.3 is 0 Å². The molecule has 2 aromatic carbocycles. The van der Waals surface area contributed by atoms with Gasteiger partial charge in [0.2, 0.25) is 11.8 Å². The van der Waals surface area contributed by atoms with Crippen molar-refractivity contribution in [3.63, 3.8) is 0 Å². The Kier molecular flexibility index (Phi) is 5.26. The molecule has 0 unspecified atom stereocenters. The Bertz CT molecular complexity index is 1090. The molecule has 5 rings (SSSR count). The van der Waals surface area contributed by atoms with Crippen molar-refractivity contribution in [3.05, 3.63) is 71.9 Å². The van der Waals surface area contributed by atoms with Crippen LogP contribution in [0.5, 0.6) is 0 Å². The van der Waals surface area contributed by atoms with Crippen molar-refractivity contribution >= 4 is 22.7 Å². The molecule has 2 saturated heterocycles. The molecule has 160 valence electrons. The average Bonchev–Trinajstić information content (AvgIpc) is 3.29. The van der Waals surface area contributed by atoms with Crippen molar-refractivity contribution in [1.82, 2.24) is 14.8 Å². The van der Waals surface area contributed by atoms with Crippen LogP contribution in [0.15, 0.2) is 60.8 Å². The highest BCUT2D eigenvalue weighted by Gasteiger charge is 2.47. The second-order valence-electron chi connectivity index (χ2n) is 8.84. The van der Waals surface area contributed by atoms with Crippen molar-refractivity contribution in [2.75, 3.05) is 6.54 Å². The Hall–Kier alpha value is -3.08. The van der Waals surface area contributed by atoms with E-state index in [1.165, 1.54) is 0 Å². The van der Waals surface area contributed by atoms with Gasteiger partial charge in [0.15, 0.2) is 0 Å². The lowest BCUT2D eigenvalue weighted by atomic mass is 10.0. The number of amides is 2. The maximum atomic E-state index is 13.8. The lowest BCUT2D eigenvalue weighted by Crippen LogP contribution is -2.47. The zero-order valence-corrected chi connectivity index (χ0v) is 18.0. The molecule has 0 radical (unpaired) electrons. The molecule has 0 aliphatic carbocycles. The van der Waals surface area contributed by atoms with E-state index in [4.69, 9.17) is 0 Å². The van der Waals surface area contributed by atoms with Crippen LogP contribution in [0.2, 0.25) is 0 Å². The van der Waals surface area contributed by atoms with E-state index in [1.54, 1.807) is 6.92 Å². The molecule has 0 saturated carbocycles. The summed E-state index contributed by atoms with van der Waals surface area (Å²) in [5.74, 6) is 0.270. The number of fused-ring (bicyclic) bond motifs is 2. The van der Waals surface area contributed by atoms with Crippen LogP contribution in [0.4, 0.5) is 0 Å². The molecule has 2 aliphatic rings. The fraction of sp³-hybridized carbons (Fsp3) is 0.385. The number of nitrogens with zero attached hydrogens (tertiary/aromatic N) is 2. The van der Waals surface area contributed by atoms with Crippen LogP contribution in [-0.2, 0) is 16.0 Å². The monoisotopic (exact) mass is 415 g/mol. The number of carbonyl (C=O) groups is 2. The van der Waals surface area contributed by atoms with E-state index in [0.29, 0.717) is 6.42 Å². The third-order valence-electron chi connectivity index (χ3n) is 7.04. The number of rotatable bonds is 3. The molecular formula is C26H29N3O2.